The number of thioether (sulfide) groups is 1. The Hall–Kier alpha value is -3.52. The molecule has 33 heavy (non-hydrogen) atoms. The zero-order chi connectivity index (χ0) is 23.2. The van der Waals surface area contributed by atoms with Gasteiger partial charge in [-0.05, 0) is 47.9 Å². The molecule has 0 unspecified atom stereocenters. The monoisotopic (exact) mass is 462 g/mol. The average molecular weight is 463 g/mol. The lowest BCUT2D eigenvalue weighted by Crippen LogP contribution is -2.27. The smallest absolute Gasteiger partial charge is 0.251 e. The highest BCUT2D eigenvalue weighted by atomic mass is 32.2. The van der Waals surface area contributed by atoms with Crippen LogP contribution in [-0.2, 0) is 5.75 Å². The lowest BCUT2D eigenvalue weighted by molar-refractivity contribution is 0.0949. The van der Waals surface area contributed by atoms with E-state index in [0.717, 1.165) is 11.3 Å². The Labute approximate surface area is 197 Å². The number of amides is 1. The van der Waals surface area contributed by atoms with E-state index >= 15 is 0 Å². The molecule has 7 nitrogen and oxygen atoms in total. The molecule has 0 aliphatic carbocycles. The van der Waals surface area contributed by atoms with Crippen LogP contribution in [0.3, 0.4) is 0 Å². The number of methoxy groups -OCH3 is 1. The molecular weight excluding hydrogens is 436 g/mol. The van der Waals surface area contributed by atoms with Crippen LogP contribution in [0.1, 0.15) is 29.8 Å². The van der Waals surface area contributed by atoms with Crippen LogP contribution in [0.5, 0.6) is 5.75 Å². The predicted octanol–water partition coefficient (Wildman–Crippen LogP) is 5.21. The molecule has 1 amide bonds. The molecule has 170 valence electrons. The van der Waals surface area contributed by atoms with Crippen molar-refractivity contribution in [3.05, 3.63) is 78.1 Å². The molecule has 0 atom stereocenters. The van der Waals surface area contributed by atoms with Crippen molar-refractivity contribution < 1.29 is 13.9 Å². The zero-order valence-corrected chi connectivity index (χ0v) is 19.6. The third-order valence-electron chi connectivity index (χ3n) is 4.96. The first-order chi connectivity index (χ1) is 16.1. The van der Waals surface area contributed by atoms with Crippen LogP contribution in [0.15, 0.2) is 76.5 Å². The van der Waals surface area contributed by atoms with Gasteiger partial charge in [0, 0.05) is 17.9 Å². The molecule has 2 aromatic heterocycles. The van der Waals surface area contributed by atoms with Crippen LogP contribution < -0.4 is 10.1 Å². The van der Waals surface area contributed by atoms with Gasteiger partial charge < -0.3 is 14.5 Å². The SMILES string of the molecule is COc1ccccc1-n1c(SCc2ccc(C(=O)NCC(C)C)cc2)nnc1-c1ccco1. The van der Waals surface area contributed by atoms with Crippen molar-refractivity contribution >= 4 is 17.7 Å². The maximum atomic E-state index is 12.3. The Morgan fingerprint density at radius 3 is 2.58 bits per heavy atom. The molecular formula is C25H26N4O3S. The number of furan rings is 1. The third-order valence-corrected chi connectivity index (χ3v) is 5.96. The summed E-state index contributed by atoms with van der Waals surface area (Å²) in [7, 11) is 1.64. The van der Waals surface area contributed by atoms with E-state index in [0.29, 0.717) is 46.3 Å². The van der Waals surface area contributed by atoms with Gasteiger partial charge in [-0.1, -0.05) is 49.9 Å². The summed E-state index contributed by atoms with van der Waals surface area (Å²) in [5, 5.41) is 12.5. The van der Waals surface area contributed by atoms with Gasteiger partial charge in [-0.25, -0.2) is 0 Å². The zero-order valence-electron chi connectivity index (χ0n) is 18.8. The van der Waals surface area contributed by atoms with Crippen LogP contribution in [0, 0.1) is 5.92 Å². The van der Waals surface area contributed by atoms with Gasteiger partial charge in [0.1, 0.15) is 5.75 Å². The van der Waals surface area contributed by atoms with E-state index < -0.39 is 0 Å². The van der Waals surface area contributed by atoms with Crippen molar-refractivity contribution in [3.8, 4) is 23.0 Å². The summed E-state index contributed by atoms with van der Waals surface area (Å²) in [4.78, 5) is 12.3. The Balaban J connectivity index is 1.56. The van der Waals surface area contributed by atoms with Gasteiger partial charge >= 0.3 is 0 Å². The van der Waals surface area contributed by atoms with Crippen molar-refractivity contribution in [1.82, 2.24) is 20.1 Å². The normalized spacial score (nSPS) is 11.0. The van der Waals surface area contributed by atoms with Crippen molar-refractivity contribution in [2.24, 2.45) is 5.92 Å². The molecule has 0 saturated heterocycles. The summed E-state index contributed by atoms with van der Waals surface area (Å²) in [6.45, 7) is 4.80. The number of rotatable bonds is 9. The summed E-state index contributed by atoms with van der Waals surface area (Å²) in [6.07, 6.45) is 1.61. The van der Waals surface area contributed by atoms with Crippen LogP contribution >= 0.6 is 11.8 Å². The first kappa shape index (κ1) is 22.7. The van der Waals surface area contributed by atoms with Gasteiger partial charge in [-0.15, -0.1) is 10.2 Å². The molecule has 4 aromatic rings. The second-order valence-corrected chi connectivity index (χ2v) is 8.82. The molecule has 0 aliphatic rings. The quantitative estimate of drug-likeness (QED) is 0.344. The minimum Gasteiger partial charge on any atom is -0.495 e. The van der Waals surface area contributed by atoms with Crippen LogP contribution in [0.4, 0.5) is 0 Å². The maximum absolute atomic E-state index is 12.3. The second-order valence-electron chi connectivity index (χ2n) is 7.88. The Kier molecular flexibility index (Phi) is 7.14. The number of carbonyl (C=O) groups excluding carboxylic acids is 1. The number of ether oxygens (including phenoxy) is 1. The van der Waals surface area contributed by atoms with E-state index in [1.165, 1.54) is 0 Å². The van der Waals surface area contributed by atoms with Crippen LogP contribution in [-0.4, -0.2) is 34.3 Å². The molecule has 0 spiro atoms. The molecule has 2 aromatic carbocycles. The molecule has 1 N–H and O–H groups in total. The van der Waals surface area contributed by atoms with E-state index in [9.17, 15) is 4.79 Å². The van der Waals surface area contributed by atoms with Crippen LogP contribution in [0.2, 0.25) is 0 Å². The Morgan fingerprint density at radius 1 is 1.09 bits per heavy atom. The number of para-hydroxylation sites is 2. The highest BCUT2D eigenvalue weighted by Crippen LogP contribution is 2.33. The number of carbonyl (C=O) groups is 1. The molecule has 0 aliphatic heterocycles. The molecule has 0 bridgehead atoms. The summed E-state index contributed by atoms with van der Waals surface area (Å²) < 4.78 is 13.1. The summed E-state index contributed by atoms with van der Waals surface area (Å²) >= 11 is 1.55. The number of nitrogens with one attached hydrogen (secondary N) is 1. The summed E-state index contributed by atoms with van der Waals surface area (Å²) in [5.74, 6) is 2.96. The van der Waals surface area contributed by atoms with E-state index in [1.807, 2.05) is 65.2 Å². The first-order valence-electron chi connectivity index (χ1n) is 10.7. The fourth-order valence-corrected chi connectivity index (χ4v) is 4.16. The van der Waals surface area contributed by atoms with Gasteiger partial charge in [0.15, 0.2) is 10.9 Å². The number of nitrogens with zero attached hydrogens (tertiary/aromatic N) is 3. The van der Waals surface area contributed by atoms with E-state index in [-0.39, 0.29) is 5.91 Å². The number of benzene rings is 2. The van der Waals surface area contributed by atoms with Gasteiger partial charge in [0.05, 0.1) is 19.1 Å². The van der Waals surface area contributed by atoms with Gasteiger partial charge in [0.2, 0.25) is 5.82 Å². The average Bonchev–Trinajstić information content (AvgIpc) is 3.51. The van der Waals surface area contributed by atoms with Gasteiger partial charge in [0.25, 0.3) is 5.91 Å². The van der Waals surface area contributed by atoms with E-state index in [1.54, 1.807) is 25.1 Å². The number of aromatic nitrogens is 3. The topological polar surface area (TPSA) is 82.2 Å². The van der Waals surface area contributed by atoms with Crippen molar-refractivity contribution in [1.29, 1.82) is 0 Å². The highest BCUT2D eigenvalue weighted by molar-refractivity contribution is 7.98. The third kappa shape index (κ3) is 5.28. The largest absolute Gasteiger partial charge is 0.495 e. The second kappa shape index (κ2) is 10.4. The summed E-state index contributed by atoms with van der Waals surface area (Å²) in [5.41, 5.74) is 2.56. The Bertz CT molecular complexity index is 1200. The fourth-order valence-electron chi connectivity index (χ4n) is 3.26. The molecule has 0 fully saturated rings. The van der Waals surface area contributed by atoms with Gasteiger partial charge in [-0.2, -0.15) is 0 Å². The lowest BCUT2D eigenvalue weighted by atomic mass is 10.1. The van der Waals surface area contributed by atoms with E-state index in [2.05, 4.69) is 29.4 Å². The first-order valence-corrected chi connectivity index (χ1v) is 11.7. The maximum Gasteiger partial charge on any atom is 0.251 e. The van der Waals surface area contributed by atoms with Gasteiger partial charge in [-0.3, -0.25) is 9.36 Å². The van der Waals surface area contributed by atoms with Crippen molar-refractivity contribution in [2.75, 3.05) is 13.7 Å². The Morgan fingerprint density at radius 2 is 1.88 bits per heavy atom. The van der Waals surface area contributed by atoms with Crippen LogP contribution in [0.25, 0.3) is 17.3 Å². The molecule has 4 rings (SSSR count). The minimum atomic E-state index is -0.0538. The highest BCUT2D eigenvalue weighted by Gasteiger charge is 2.20. The summed E-state index contributed by atoms with van der Waals surface area (Å²) in [6, 6.07) is 19.0. The van der Waals surface area contributed by atoms with Crippen molar-refractivity contribution in [2.45, 2.75) is 24.8 Å². The predicted molar refractivity (Wildman–Crippen MR) is 129 cm³/mol. The standard InChI is InChI=1S/C25H26N4O3S/c1-17(2)15-26-24(30)19-12-10-18(11-13-19)16-33-25-28-27-23(22-9-6-14-32-22)29(25)20-7-4-5-8-21(20)31-3/h4-14,17H,15-16H2,1-3H3,(H,26,30). The molecule has 0 saturated carbocycles. The number of hydrogen-bond donors (Lipinski definition) is 1. The molecule has 8 heteroatoms. The number of hydrogen-bond acceptors (Lipinski definition) is 6. The molecule has 0 radical (unpaired) electrons. The lowest BCUT2D eigenvalue weighted by Gasteiger charge is -2.13. The molecule has 2 heterocycles. The fraction of sp³-hybridized carbons (Fsp3) is 0.240. The van der Waals surface area contributed by atoms with Crippen molar-refractivity contribution in [3.63, 3.8) is 0 Å². The van der Waals surface area contributed by atoms with E-state index in [4.69, 9.17) is 9.15 Å². The minimum absolute atomic E-state index is 0.0538.